The molecule has 25 heavy (non-hydrogen) atoms. The van der Waals surface area contributed by atoms with Crippen LogP contribution in [0.3, 0.4) is 0 Å². The van der Waals surface area contributed by atoms with Gasteiger partial charge in [-0.1, -0.05) is 12.1 Å². The lowest BCUT2D eigenvalue weighted by Crippen LogP contribution is -2.75. The standard InChI is InChI=1S/C18H21N5O2/c1-23(2)16(25)17-8-18(9-17,10-17)20-13-7-12(21-22-15(13)19)11-5-3-4-6-14(11)24/h3-7,24H,8-10H2,1-2H3,(H2,19,22)(H,20,21). The molecule has 130 valence electrons. The summed E-state index contributed by atoms with van der Waals surface area (Å²) in [7, 11) is 3.60. The third-order valence-electron chi connectivity index (χ3n) is 5.29. The fraction of sp³-hybridized carbons (Fsp3) is 0.389. The Hall–Kier alpha value is -2.83. The van der Waals surface area contributed by atoms with E-state index in [1.807, 2.05) is 6.07 Å². The van der Waals surface area contributed by atoms with Gasteiger partial charge in [-0.3, -0.25) is 4.79 Å². The molecule has 0 aliphatic heterocycles. The average Bonchev–Trinajstić information content (AvgIpc) is 2.51. The second-order valence-corrected chi connectivity index (χ2v) is 7.46. The maximum atomic E-state index is 12.2. The van der Waals surface area contributed by atoms with Gasteiger partial charge in [0.25, 0.3) is 0 Å². The predicted octanol–water partition coefficient (Wildman–Crippen LogP) is 1.85. The van der Waals surface area contributed by atoms with Gasteiger partial charge in [0.1, 0.15) is 5.75 Å². The summed E-state index contributed by atoms with van der Waals surface area (Å²) in [5.74, 6) is 0.664. The molecule has 0 radical (unpaired) electrons. The van der Waals surface area contributed by atoms with E-state index < -0.39 is 0 Å². The summed E-state index contributed by atoms with van der Waals surface area (Å²) in [5, 5.41) is 21.6. The lowest BCUT2D eigenvalue weighted by molar-refractivity contribution is -0.176. The lowest BCUT2D eigenvalue weighted by Gasteiger charge is -2.70. The van der Waals surface area contributed by atoms with Gasteiger partial charge in [-0.2, -0.15) is 0 Å². The highest BCUT2D eigenvalue weighted by Crippen LogP contribution is 2.69. The molecule has 0 atom stereocenters. The first kappa shape index (κ1) is 15.7. The summed E-state index contributed by atoms with van der Waals surface area (Å²) < 4.78 is 0. The van der Waals surface area contributed by atoms with Crippen molar-refractivity contribution < 1.29 is 9.90 Å². The zero-order valence-corrected chi connectivity index (χ0v) is 14.3. The minimum absolute atomic E-state index is 0.0845. The Morgan fingerprint density at radius 1 is 1.24 bits per heavy atom. The molecule has 7 heteroatoms. The molecule has 0 unspecified atom stereocenters. The highest BCUT2D eigenvalue weighted by molar-refractivity contribution is 5.88. The Kier molecular flexibility index (Phi) is 3.19. The van der Waals surface area contributed by atoms with Gasteiger partial charge in [0, 0.05) is 25.2 Å². The number of carbonyl (C=O) groups is 1. The predicted molar refractivity (Wildman–Crippen MR) is 94.9 cm³/mol. The number of carbonyl (C=O) groups excluding carboxylic acids is 1. The normalized spacial score (nSPS) is 26.3. The van der Waals surface area contributed by atoms with Gasteiger partial charge in [0.2, 0.25) is 5.91 Å². The topological polar surface area (TPSA) is 104 Å². The second-order valence-electron chi connectivity index (χ2n) is 7.46. The van der Waals surface area contributed by atoms with Crippen LogP contribution in [0.2, 0.25) is 0 Å². The number of rotatable bonds is 4. The van der Waals surface area contributed by atoms with Crippen molar-refractivity contribution in [3.8, 4) is 17.0 Å². The summed E-state index contributed by atoms with van der Waals surface area (Å²) >= 11 is 0. The number of amides is 1. The number of nitrogens with one attached hydrogen (secondary N) is 1. The number of hydrogen-bond donors (Lipinski definition) is 3. The molecule has 1 heterocycles. The number of nitrogen functional groups attached to an aromatic ring is 1. The third-order valence-corrected chi connectivity index (χ3v) is 5.29. The number of aromatic nitrogens is 2. The van der Waals surface area contributed by atoms with Crippen LogP contribution in [-0.4, -0.2) is 45.7 Å². The van der Waals surface area contributed by atoms with Crippen molar-refractivity contribution in [3.63, 3.8) is 0 Å². The van der Waals surface area contributed by atoms with Gasteiger partial charge in [0.05, 0.1) is 16.8 Å². The number of aromatic hydroxyl groups is 1. The maximum absolute atomic E-state index is 12.2. The summed E-state index contributed by atoms with van der Waals surface area (Å²) in [6.45, 7) is 0. The highest BCUT2D eigenvalue weighted by Gasteiger charge is 2.72. The van der Waals surface area contributed by atoms with Crippen LogP contribution in [0.1, 0.15) is 19.3 Å². The fourth-order valence-electron chi connectivity index (χ4n) is 4.23. The van der Waals surface area contributed by atoms with Gasteiger partial charge in [0.15, 0.2) is 5.82 Å². The first-order valence-electron chi connectivity index (χ1n) is 8.26. The van der Waals surface area contributed by atoms with Crippen molar-refractivity contribution in [3.05, 3.63) is 30.3 Å². The number of nitrogens with two attached hydrogens (primary N) is 1. The molecule has 4 N–H and O–H groups in total. The summed E-state index contributed by atoms with van der Waals surface area (Å²) in [4.78, 5) is 13.9. The van der Waals surface area contributed by atoms with E-state index in [4.69, 9.17) is 5.73 Å². The molecule has 2 bridgehead atoms. The zero-order chi connectivity index (χ0) is 17.8. The summed E-state index contributed by atoms with van der Waals surface area (Å²) in [6.07, 6.45) is 2.43. The molecule has 3 aliphatic carbocycles. The van der Waals surface area contributed by atoms with Crippen LogP contribution >= 0.6 is 0 Å². The van der Waals surface area contributed by atoms with Crippen molar-refractivity contribution in [2.24, 2.45) is 5.41 Å². The molecule has 7 nitrogen and oxygen atoms in total. The Labute approximate surface area is 145 Å². The Morgan fingerprint density at radius 3 is 2.56 bits per heavy atom. The van der Waals surface area contributed by atoms with Crippen molar-refractivity contribution >= 4 is 17.4 Å². The van der Waals surface area contributed by atoms with Crippen LogP contribution in [-0.2, 0) is 4.79 Å². The minimum atomic E-state index is -0.202. The Morgan fingerprint density at radius 2 is 1.92 bits per heavy atom. The SMILES string of the molecule is CN(C)C(=O)C12CC(Nc3cc(-c4ccccc4O)nnc3N)(C1)C2. The number of phenolic OH excluding ortho intramolecular Hbond substituents is 1. The average molecular weight is 339 g/mol. The van der Waals surface area contributed by atoms with E-state index >= 15 is 0 Å². The van der Waals surface area contributed by atoms with E-state index in [0.717, 1.165) is 19.3 Å². The number of nitrogens with zero attached hydrogens (tertiary/aromatic N) is 3. The first-order valence-corrected chi connectivity index (χ1v) is 8.26. The number of benzene rings is 1. The second kappa shape index (κ2) is 5.08. The van der Waals surface area contributed by atoms with Crippen molar-refractivity contribution in [2.45, 2.75) is 24.8 Å². The third kappa shape index (κ3) is 2.30. The zero-order valence-electron chi connectivity index (χ0n) is 14.3. The van der Waals surface area contributed by atoms with Gasteiger partial charge >= 0.3 is 0 Å². The van der Waals surface area contributed by atoms with Crippen molar-refractivity contribution in [1.29, 1.82) is 0 Å². The quantitative estimate of drug-likeness (QED) is 0.785. The van der Waals surface area contributed by atoms with Crippen LogP contribution in [0, 0.1) is 5.41 Å². The van der Waals surface area contributed by atoms with E-state index in [-0.39, 0.29) is 22.6 Å². The molecule has 0 spiro atoms. The van der Waals surface area contributed by atoms with Gasteiger partial charge in [-0.05, 0) is 37.5 Å². The Bertz CT molecular complexity index is 845. The molecule has 3 fully saturated rings. The van der Waals surface area contributed by atoms with Crippen LogP contribution < -0.4 is 11.1 Å². The smallest absolute Gasteiger partial charge is 0.228 e. The van der Waals surface area contributed by atoms with Gasteiger partial charge in [-0.25, -0.2) is 0 Å². The number of para-hydroxylation sites is 1. The number of phenols is 1. The minimum Gasteiger partial charge on any atom is -0.507 e. The van der Waals surface area contributed by atoms with Gasteiger partial charge in [-0.15, -0.1) is 10.2 Å². The Balaban J connectivity index is 1.55. The molecule has 0 saturated heterocycles. The molecule has 1 aromatic heterocycles. The lowest BCUT2D eigenvalue weighted by atomic mass is 9.39. The monoisotopic (exact) mass is 339 g/mol. The molecule has 3 aliphatic rings. The maximum Gasteiger partial charge on any atom is 0.228 e. The molecule has 1 aromatic carbocycles. The van der Waals surface area contributed by atoms with E-state index in [1.54, 1.807) is 43.3 Å². The first-order chi connectivity index (χ1) is 11.8. The summed E-state index contributed by atoms with van der Waals surface area (Å²) in [6, 6.07) is 8.78. The van der Waals surface area contributed by atoms with Crippen molar-refractivity contribution in [1.82, 2.24) is 15.1 Å². The molecular weight excluding hydrogens is 318 g/mol. The van der Waals surface area contributed by atoms with E-state index in [0.29, 0.717) is 22.8 Å². The van der Waals surface area contributed by atoms with E-state index in [2.05, 4.69) is 15.5 Å². The van der Waals surface area contributed by atoms with Gasteiger partial charge < -0.3 is 21.1 Å². The molecule has 5 rings (SSSR count). The van der Waals surface area contributed by atoms with Crippen LogP contribution in [0.15, 0.2) is 30.3 Å². The fourth-order valence-corrected chi connectivity index (χ4v) is 4.23. The summed E-state index contributed by atoms with van der Waals surface area (Å²) in [5.41, 5.74) is 7.55. The molecule has 3 saturated carbocycles. The molecule has 1 amide bonds. The largest absolute Gasteiger partial charge is 0.507 e. The van der Waals surface area contributed by atoms with Crippen molar-refractivity contribution in [2.75, 3.05) is 25.1 Å². The molecular formula is C18H21N5O2. The number of anilines is 2. The van der Waals surface area contributed by atoms with Crippen LogP contribution in [0.25, 0.3) is 11.3 Å². The number of hydrogen-bond acceptors (Lipinski definition) is 6. The molecule has 2 aromatic rings. The van der Waals surface area contributed by atoms with E-state index in [1.165, 1.54) is 0 Å². The van der Waals surface area contributed by atoms with Crippen LogP contribution in [0.5, 0.6) is 5.75 Å². The highest BCUT2D eigenvalue weighted by atomic mass is 16.3. The van der Waals surface area contributed by atoms with Crippen LogP contribution in [0.4, 0.5) is 11.5 Å². The van der Waals surface area contributed by atoms with E-state index in [9.17, 15) is 9.90 Å².